The second-order valence-corrected chi connectivity index (χ2v) is 7.20. The van der Waals surface area contributed by atoms with E-state index in [1.165, 1.54) is 21.5 Å². The number of aromatic nitrogens is 4. The summed E-state index contributed by atoms with van der Waals surface area (Å²) in [6.07, 6.45) is -3.09. The zero-order valence-corrected chi connectivity index (χ0v) is 16.8. The monoisotopic (exact) mass is 428 g/mol. The summed E-state index contributed by atoms with van der Waals surface area (Å²) < 4.78 is 43.2. The van der Waals surface area contributed by atoms with Gasteiger partial charge >= 0.3 is 11.9 Å². The molecule has 0 bridgehead atoms. The molecule has 6 nitrogen and oxygen atoms in total. The molecule has 0 aliphatic rings. The van der Waals surface area contributed by atoms with Gasteiger partial charge in [0.25, 0.3) is 5.56 Å². The fourth-order valence-electron chi connectivity index (χ4n) is 3.65. The highest BCUT2D eigenvalue weighted by molar-refractivity contribution is 5.73. The second-order valence-electron chi connectivity index (χ2n) is 7.20. The van der Waals surface area contributed by atoms with Crippen molar-refractivity contribution in [1.29, 1.82) is 0 Å². The third-order valence-electron chi connectivity index (χ3n) is 5.18. The number of fused-ring (bicyclic) bond motifs is 1. The lowest BCUT2D eigenvalue weighted by molar-refractivity contribution is -0.137. The molecule has 0 aliphatic carbocycles. The van der Waals surface area contributed by atoms with Crippen LogP contribution in [0.3, 0.4) is 0 Å². The van der Waals surface area contributed by atoms with Gasteiger partial charge in [-0.25, -0.2) is 14.3 Å². The van der Waals surface area contributed by atoms with Crippen molar-refractivity contribution in [3.05, 3.63) is 92.4 Å². The number of nitrogens with zero attached hydrogens (tertiary/aromatic N) is 4. The number of aryl methyl sites for hydroxylation is 1. The summed E-state index contributed by atoms with van der Waals surface area (Å²) in [7, 11) is 0. The molecule has 0 fully saturated rings. The third-order valence-corrected chi connectivity index (χ3v) is 5.18. The lowest BCUT2D eigenvalue weighted by Gasteiger charge is -2.13. The molecular weight excluding hydrogens is 409 g/mol. The molecule has 0 saturated carbocycles. The quantitative estimate of drug-likeness (QED) is 0.498. The zero-order chi connectivity index (χ0) is 22.3. The Balaban J connectivity index is 1.95. The van der Waals surface area contributed by atoms with Crippen molar-refractivity contribution in [2.45, 2.75) is 33.1 Å². The van der Waals surface area contributed by atoms with Gasteiger partial charge in [-0.1, -0.05) is 30.3 Å². The standard InChI is InChI=1S/C22H19F3N4O2/c1-3-28-20(30)18-19(29(21(28)31)17-10-5-4-7-14(17)2)26-13-27(18)12-15-8-6-9-16(11-15)22(23,24)25/h4-11,13H,3,12H2,1-2H3. The van der Waals surface area contributed by atoms with Gasteiger partial charge in [-0.05, 0) is 43.2 Å². The first kappa shape index (κ1) is 20.6. The first-order chi connectivity index (χ1) is 14.7. The lowest BCUT2D eigenvalue weighted by atomic mass is 10.1. The van der Waals surface area contributed by atoms with Crippen LogP contribution in [-0.4, -0.2) is 18.7 Å². The molecule has 9 heteroatoms. The lowest BCUT2D eigenvalue weighted by Crippen LogP contribution is -2.39. The molecule has 0 N–H and O–H groups in total. The van der Waals surface area contributed by atoms with Crippen LogP contribution >= 0.6 is 0 Å². The summed E-state index contributed by atoms with van der Waals surface area (Å²) in [6, 6.07) is 12.1. The fourth-order valence-corrected chi connectivity index (χ4v) is 3.65. The minimum atomic E-state index is -4.47. The number of hydrogen-bond acceptors (Lipinski definition) is 3. The van der Waals surface area contributed by atoms with E-state index in [1.54, 1.807) is 25.1 Å². The van der Waals surface area contributed by atoms with Crippen LogP contribution in [0.15, 0.2) is 64.4 Å². The van der Waals surface area contributed by atoms with Gasteiger partial charge in [-0.3, -0.25) is 9.36 Å². The summed E-state index contributed by atoms with van der Waals surface area (Å²) in [5.74, 6) is 0. The average molecular weight is 428 g/mol. The van der Waals surface area contributed by atoms with Crippen LogP contribution in [0.1, 0.15) is 23.6 Å². The Morgan fingerprint density at radius 1 is 1.03 bits per heavy atom. The molecular formula is C22H19F3N4O2. The van der Waals surface area contributed by atoms with Gasteiger partial charge in [0.2, 0.25) is 0 Å². The molecule has 0 atom stereocenters. The van der Waals surface area contributed by atoms with E-state index in [4.69, 9.17) is 0 Å². The minimum Gasteiger partial charge on any atom is -0.320 e. The van der Waals surface area contributed by atoms with Crippen LogP contribution in [0.2, 0.25) is 0 Å². The number of para-hydroxylation sites is 1. The van der Waals surface area contributed by atoms with E-state index in [-0.39, 0.29) is 24.3 Å². The molecule has 2 aromatic heterocycles. The predicted molar refractivity (Wildman–Crippen MR) is 111 cm³/mol. The molecule has 0 saturated heterocycles. The van der Waals surface area contributed by atoms with Crippen molar-refractivity contribution in [2.75, 3.05) is 0 Å². The van der Waals surface area contributed by atoms with Crippen LogP contribution < -0.4 is 11.2 Å². The highest BCUT2D eigenvalue weighted by Crippen LogP contribution is 2.29. The van der Waals surface area contributed by atoms with Crippen LogP contribution in [-0.2, 0) is 19.3 Å². The minimum absolute atomic E-state index is 0.00531. The Morgan fingerprint density at radius 3 is 2.45 bits per heavy atom. The largest absolute Gasteiger partial charge is 0.416 e. The number of imidazole rings is 1. The Kier molecular flexibility index (Phi) is 5.04. The average Bonchev–Trinajstić information content (AvgIpc) is 3.13. The molecule has 0 amide bonds. The Morgan fingerprint density at radius 2 is 1.77 bits per heavy atom. The van der Waals surface area contributed by atoms with Gasteiger partial charge in [0.05, 0.1) is 17.6 Å². The summed E-state index contributed by atoms with van der Waals surface area (Å²) in [5.41, 5.74) is 0.282. The van der Waals surface area contributed by atoms with Gasteiger partial charge in [0.1, 0.15) is 0 Å². The molecule has 4 aromatic rings. The van der Waals surface area contributed by atoms with Crippen molar-refractivity contribution in [1.82, 2.24) is 18.7 Å². The van der Waals surface area contributed by atoms with Crippen molar-refractivity contribution in [2.24, 2.45) is 0 Å². The molecule has 4 rings (SSSR count). The van der Waals surface area contributed by atoms with Crippen LogP contribution in [0.5, 0.6) is 0 Å². The zero-order valence-electron chi connectivity index (χ0n) is 16.8. The van der Waals surface area contributed by atoms with E-state index in [0.717, 1.165) is 22.3 Å². The van der Waals surface area contributed by atoms with E-state index in [1.807, 2.05) is 19.1 Å². The number of halogens is 3. The Hall–Kier alpha value is -3.62. The maximum absolute atomic E-state index is 13.1. The van der Waals surface area contributed by atoms with Crippen LogP contribution in [0.25, 0.3) is 16.9 Å². The normalized spacial score (nSPS) is 11.9. The number of alkyl halides is 3. The van der Waals surface area contributed by atoms with Crippen molar-refractivity contribution >= 4 is 11.2 Å². The maximum Gasteiger partial charge on any atom is 0.416 e. The molecule has 0 unspecified atom stereocenters. The fraction of sp³-hybridized carbons (Fsp3) is 0.227. The van der Waals surface area contributed by atoms with E-state index in [2.05, 4.69) is 4.98 Å². The molecule has 160 valence electrons. The topological polar surface area (TPSA) is 61.8 Å². The highest BCUT2D eigenvalue weighted by atomic mass is 19.4. The third kappa shape index (κ3) is 3.56. The number of benzene rings is 2. The van der Waals surface area contributed by atoms with Gasteiger partial charge < -0.3 is 4.57 Å². The van der Waals surface area contributed by atoms with Gasteiger partial charge in [-0.15, -0.1) is 0 Å². The smallest absolute Gasteiger partial charge is 0.320 e. The molecule has 2 aromatic carbocycles. The number of rotatable bonds is 4. The van der Waals surface area contributed by atoms with Gasteiger partial charge in [0, 0.05) is 13.1 Å². The first-order valence-corrected chi connectivity index (χ1v) is 9.65. The first-order valence-electron chi connectivity index (χ1n) is 9.65. The molecule has 0 aliphatic heterocycles. The van der Waals surface area contributed by atoms with Crippen molar-refractivity contribution < 1.29 is 13.2 Å². The van der Waals surface area contributed by atoms with Crippen LogP contribution in [0, 0.1) is 6.92 Å². The summed E-state index contributed by atoms with van der Waals surface area (Å²) in [6.45, 7) is 3.68. The molecule has 31 heavy (non-hydrogen) atoms. The second kappa shape index (κ2) is 7.57. The predicted octanol–water partition coefficient (Wildman–Crippen LogP) is 3.74. The summed E-state index contributed by atoms with van der Waals surface area (Å²) >= 11 is 0. The summed E-state index contributed by atoms with van der Waals surface area (Å²) in [5, 5.41) is 0. The van der Waals surface area contributed by atoms with Gasteiger partial charge in [-0.2, -0.15) is 13.2 Å². The van der Waals surface area contributed by atoms with Crippen molar-refractivity contribution in [3.8, 4) is 5.69 Å². The highest BCUT2D eigenvalue weighted by Gasteiger charge is 2.30. The van der Waals surface area contributed by atoms with Gasteiger partial charge in [0.15, 0.2) is 11.2 Å². The Bertz CT molecular complexity index is 1400. The van der Waals surface area contributed by atoms with E-state index in [9.17, 15) is 22.8 Å². The maximum atomic E-state index is 13.1. The number of hydrogen-bond donors (Lipinski definition) is 0. The molecule has 2 heterocycles. The van der Waals surface area contributed by atoms with E-state index >= 15 is 0 Å². The SMILES string of the molecule is CCn1c(=O)c2c(ncn2Cc2cccc(C(F)(F)F)c2)n(-c2ccccc2C)c1=O. The van der Waals surface area contributed by atoms with Crippen LogP contribution in [0.4, 0.5) is 13.2 Å². The summed E-state index contributed by atoms with van der Waals surface area (Å²) in [4.78, 5) is 30.4. The van der Waals surface area contributed by atoms with E-state index < -0.39 is 23.0 Å². The Labute approximate surface area is 174 Å². The molecule has 0 spiro atoms. The van der Waals surface area contributed by atoms with E-state index in [0.29, 0.717) is 11.3 Å². The molecule has 0 radical (unpaired) electrons. The van der Waals surface area contributed by atoms with Crippen molar-refractivity contribution in [3.63, 3.8) is 0 Å².